The molecule has 0 heterocycles. The third kappa shape index (κ3) is 3.23. The summed E-state index contributed by atoms with van der Waals surface area (Å²) < 4.78 is 27.3. The molecule has 20 heavy (non-hydrogen) atoms. The minimum atomic E-state index is -3.71. The molecule has 0 saturated carbocycles. The zero-order valence-electron chi connectivity index (χ0n) is 11.2. The summed E-state index contributed by atoms with van der Waals surface area (Å²) in [4.78, 5) is 1.88. The number of rotatable bonds is 4. The monoisotopic (exact) mass is 310 g/mol. The van der Waals surface area contributed by atoms with Gasteiger partial charge in [-0.1, -0.05) is 29.8 Å². The smallest absolute Gasteiger partial charge is 0.263 e. The van der Waals surface area contributed by atoms with Gasteiger partial charge in [0.2, 0.25) is 0 Å². The van der Waals surface area contributed by atoms with Gasteiger partial charge in [0.05, 0.1) is 5.02 Å². The predicted octanol–water partition coefficient (Wildman–Crippen LogP) is 3.21. The molecule has 2 aromatic rings. The Kier molecular flexibility index (Phi) is 4.20. The molecule has 0 aromatic heterocycles. The van der Waals surface area contributed by atoms with Crippen molar-refractivity contribution in [3.8, 4) is 0 Å². The van der Waals surface area contributed by atoms with E-state index >= 15 is 0 Å². The molecule has 0 aliphatic heterocycles. The standard InChI is InChI=1S/C14H15ClN2O2S/c1-17(2)12-8-9-13(15)14(10-12)20(18,19)16-11-6-4-3-5-7-11/h3-10,16H,1-2H3. The predicted molar refractivity (Wildman–Crippen MR) is 83.0 cm³/mol. The Labute approximate surface area is 124 Å². The minimum absolute atomic E-state index is 0.0641. The highest BCUT2D eigenvalue weighted by Gasteiger charge is 2.19. The van der Waals surface area contributed by atoms with Crippen molar-refractivity contribution in [3.63, 3.8) is 0 Å². The van der Waals surface area contributed by atoms with E-state index in [9.17, 15) is 8.42 Å². The molecule has 0 saturated heterocycles. The Bertz CT molecular complexity index is 700. The minimum Gasteiger partial charge on any atom is -0.378 e. The van der Waals surface area contributed by atoms with Crippen molar-refractivity contribution in [1.29, 1.82) is 0 Å². The summed E-state index contributed by atoms with van der Waals surface area (Å²) in [6, 6.07) is 13.6. The summed E-state index contributed by atoms with van der Waals surface area (Å²) in [7, 11) is -0.0335. The van der Waals surface area contributed by atoms with E-state index in [0.29, 0.717) is 5.69 Å². The van der Waals surface area contributed by atoms with Crippen LogP contribution in [0.2, 0.25) is 5.02 Å². The first-order valence-corrected chi connectivity index (χ1v) is 7.81. The van der Waals surface area contributed by atoms with Crippen molar-refractivity contribution < 1.29 is 8.42 Å². The largest absolute Gasteiger partial charge is 0.378 e. The zero-order valence-corrected chi connectivity index (χ0v) is 12.7. The summed E-state index contributed by atoms with van der Waals surface area (Å²) in [5.74, 6) is 0. The lowest BCUT2D eigenvalue weighted by molar-refractivity contribution is 0.601. The average Bonchev–Trinajstić information content (AvgIpc) is 2.39. The fourth-order valence-electron chi connectivity index (χ4n) is 1.69. The van der Waals surface area contributed by atoms with E-state index in [0.717, 1.165) is 5.69 Å². The van der Waals surface area contributed by atoms with Crippen LogP contribution in [0.5, 0.6) is 0 Å². The Morgan fingerprint density at radius 2 is 1.70 bits per heavy atom. The Morgan fingerprint density at radius 3 is 2.30 bits per heavy atom. The number of halogens is 1. The van der Waals surface area contributed by atoms with E-state index in [4.69, 9.17) is 11.6 Å². The normalized spacial score (nSPS) is 11.2. The van der Waals surface area contributed by atoms with Gasteiger partial charge in [0.25, 0.3) is 10.0 Å². The molecule has 2 rings (SSSR count). The maximum atomic E-state index is 12.4. The summed E-state index contributed by atoms with van der Waals surface area (Å²) in [5, 5.41) is 0.194. The quantitative estimate of drug-likeness (QED) is 0.943. The molecule has 0 spiro atoms. The van der Waals surface area contributed by atoms with E-state index in [1.165, 1.54) is 0 Å². The molecular weight excluding hydrogens is 296 g/mol. The third-order valence-electron chi connectivity index (χ3n) is 2.75. The zero-order chi connectivity index (χ0) is 14.8. The number of sulfonamides is 1. The van der Waals surface area contributed by atoms with E-state index in [-0.39, 0.29) is 9.92 Å². The Morgan fingerprint density at radius 1 is 1.05 bits per heavy atom. The lowest BCUT2D eigenvalue weighted by Gasteiger charge is -2.15. The van der Waals surface area contributed by atoms with Crippen LogP contribution in [0.4, 0.5) is 11.4 Å². The summed E-state index contributed by atoms with van der Waals surface area (Å²) in [6.07, 6.45) is 0. The SMILES string of the molecule is CN(C)c1ccc(Cl)c(S(=O)(=O)Nc2ccccc2)c1. The van der Waals surface area contributed by atoms with Gasteiger partial charge >= 0.3 is 0 Å². The fourth-order valence-corrected chi connectivity index (χ4v) is 3.27. The molecule has 0 aliphatic carbocycles. The van der Waals surface area contributed by atoms with Gasteiger partial charge in [0.1, 0.15) is 4.90 Å². The van der Waals surface area contributed by atoms with Gasteiger partial charge in [-0.2, -0.15) is 0 Å². The second-order valence-electron chi connectivity index (χ2n) is 4.48. The first-order chi connectivity index (χ1) is 9.40. The van der Waals surface area contributed by atoms with Crippen molar-refractivity contribution in [2.45, 2.75) is 4.90 Å². The number of hydrogen-bond acceptors (Lipinski definition) is 3. The molecule has 106 valence electrons. The molecule has 0 fully saturated rings. The van der Waals surface area contributed by atoms with Crippen LogP contribution in [0.3, 0.4) is 0 Å². The van der Waals surface area contributed by atoms with E-state index in [1.54, 1.807) is 42.5 Å². The molecule has 2 aromatic carbocycles. The summed E-state index contributed by atoms with van der Waals surface area (Å²) in [6.45, 7) is 0. The molecule has 6 heteroatoms. The van der Waals surface area contributed by atoms with Gasteiger partial charge in [0, 0.05) is 25.5 Å². The first kappa shape index (κ1) is 14.7. The van der Waals surface area contributed by atoms with Gasteiger partial charge in [-0.3, -0.25) is 4.72 Å². The van der Waals surface area contributed by atoms with Crippen LogP contribution in [-0.2, 0) is 10.0 Å². The van der Waals surface area contributed by atoms with Crippen LogP contribution in [0.1, 0.15) is 0 Å². The number of nitrogens with one attached hydrogen (secondary N) is 1. The molecule has 0 atom stereocenters. The van der Waals surface area contributed by atoms with Gasteiger partial charge in [0.15, 0.2) is 0 Å². The van der Waals surface area contributed by atoms with Crippen LogP contribution in [0.25, 0.3) is 0 Å². The second-order valence-corrected chi connectivity index (χ2v) is 6.54. The average molecular weight is 311 g/mol. The number of hydrogen-bond donors (Lipinski definition) is 1. The highest BCUT2D eigenvalue weighted by atomic mass is 35.5. The van der Waals surface area contributed by atoms with Gasteiger partial charge < -0.3 is 4.90 Å². The molecule has 0 aliphatic rings. The van der Waals surface area contributed by atoms with Crippen LogP contribution >= 0.6 is 11.6 Å². The molecule has 1 N–H and O–H groups in total. The molecule has 4 nitrogen and oxygen atoms in total. The number of benzene rings is 2. The van der Waals surface area contributed by atoms with Gasteiger partial charge in [-0.05, 0) is 30.3 Å². The van der Waals surface area contributed by atoms with E-state index in [2.05, 4.69) is 4.72 Å². The van der Waals surface area contributed by atoms with Crippen LogP contribution in [0.15, 0.2) is 53.4 Å². The van der Waals surface area contributed by atoms with Crippen molar-refractivity contribution >= 4 is 33.0 Å². The molecule has 0 radical (unpaired) electrons. The lowest BCUT2D eigenvalue weighted by Crippen LogP contribution is -2.15. The molecule has 0 unspecified atom stereocenters. The van der Waals surface area contributed by atoms with Crippen LogP contribution in [-0.4, -0.2) is 22.5 Å². The van der Waals surface area contributed by atoms with Crippen molar-refractivity contribution in [2.24, 2.45) is 0 Å². The number of para-hydroxylation sites is 1. The molecular formula is C14H15ClN2O2S. The second kappa shape index (κ2) is 5.73. The third-order valence-corrected chi connectivity index (χ3v) is 4.61. The van der Waals surface area contributed by atoms with E-state index in [1.807, 2.05) is 25.1 Å². The lowest BCUT2D eigenvalue weighted by atomic mass is 10.3. The number of nitrogens with zero attached hydrogens (tertiary/aromatic N) is 1. The van der Waals surface area contributed by atoms with Crippen LogP contribution < -0.4 is 9.62 Å². The van der Waals surface area contributed by atoms with Crippen LogP contribution in [0, 0.1) is 0 Å². The topological polar surface area (TPSA) is 49.4 Å². The highest BCUT2D eigenvalue weighted by Crippen LogP contribution is 2.27. The van der Waals surface area contributed by atoms with Gasteiger partial charge in [-0.25, -0.2) is 8.42 Å². The summed E-state index contributed by atoms with van der Waals surface area (Å²) >= 11 is 6.01. The fraction of sp³-hybridized carbons (Fsp3) is 0.143. The molecule has 0 bridgehead atoms. The highest BCUT2D eigenvalue weighted by molar-refractivity contribution is 7.92. The van der Waals surface area contributed by atoms with Crippen molar-refractivity contribution in [2.75, 3.05) is 23.7 Å². The first-order valence-electron chi connectivity index (χ1n) is 5.95. The maximum absolute atomic E-state index is 12.4. The van der Waals surface area contributed by atoms with Crippen molar-refractivity contribution in [1.82, 2.24) is 0 Å². The Balaban J connectivity index is 2.41. The Hall–Kier alpha value is -1.72. The van der Waals surface area contributed by atoms with Gasteiger partial charge in [-0.15, -0.1) is 0 Å². The number of anilines is 2. The van der Waals surface area contributed by atoms with Crippen molar-refractivity contribution in [3.05, 3.63) is 53.6 Å². The summed E-state index contributed by atoms with van der Waals surface area (Å²) in [5.41, 5.74) is 1.27. The maximum Gasteiger partial charge on any atom is 0.263 e. The van der Waals surface area contributed by atoms with E-state index < -0.39 is 10.0 Å². The molecule has 0 amide bonds.